The van der Waals surface area contributed by atoms with E-state index in [1.54, 1.807) is 40.8 Å². The minimum absolute atomic E-state index is 0.103. The summed E-state index contributed by atoms with van der Waals surface area (Å²) in [6, 6.07) is 8.87. The maximum absolute atomic E-state index is 14.2. The Morgan fingerprint density at radius 1 is 1.06 bits per heavy atom. The molecule has 1 aromatic carbocycles. The van der Waals surface area contributed by atoms with Gasteiger partial charge >= 0.3 is 5.97 Å². The van der Waals surface area contributed by atoms with Gasteiger partial charge in [-0.15, -0.1) is 0 Å². The quantitative estimate of drug-likeness (QED) is 0.107. The SMILES string of the molecule is Cc1cc(=O)c2c(O)c3c(cc2o1)OC1(C)CCSSCc2c(ccnc2N)-c2cc(cc(N)n2)CCC2OC24CCCCC3C1OC4=O. The summed E-state index contributed by atoms with van der Waals surface area (Å²) >= 11 is 0. The number of carbonyl (C=O) groups is 1. The molecule has 49 heavy (non-hydrogen) atoms. The normalized spacial score (nSPS) is 28.3. The Hall–Kier alpha value is -3.94. The highest BCUT2D eigenvalue weighted by molar-refractivity contribution is 8.76. The van der Waals surface area contributed by atoms with Crippen molar-refractivity contribution in [1.29, 1.82) is 0 Å². The molecular formula is C36H38N4O7S2. The summed E-state index contributed by atoms with van der Waals surface area (Å²) in [5, 5.41) is 11.8. The molecule has 4 aromatic rings. The third kappa shape index (κ3) is 5.59. The van der Waals surface area contributed by atoms with Crippen LogP contribution in [0.3, 0.4) is 0 Å². The van der Waals surface area contributed by atoms with Gasteiger partial charge in [-0.05, 0) is 69.7 Å². The van der Waals surface area contributed by atoms with Gasteiger partial charge in [0.2, 0.25) is 0 Å². The molecule has 1 spiro atoms. The van der Waals surface area contributed by atoms with Crippen molar-refractivity contribution in [1.82, 2.24) is 9.97 Å². The van der Waals surface area contributed by atoms with Crippen LogP contribution in [0.15, 0.2) is 45.7 Å². The smallest absolute Gasteiger partial charge is 0.341 e. The number of aromatic nitrogens is 2. The topological polar surface area (TPSA) is 176 Å². The molecule has 5 unspecified atom stereocenters. The van der Waals surface area contributed by atoms with Gasteiger partial charge in [-0.3, -0.25) is 4.79 Å². The summed E-state index contributed by atoms with van der Waals surface area (Å²) in [5.74, 6) is 1.99. The van der Waals surface area contributed by atoms with E-state index in [-0.39, 0.29) is 28.3 Å². The number of aryl methyl sites for hydroxylation is 2. The van der Waals surface area contributed by atoms with Gasteiger partial charge in [0, 0.05) is 58.9 Å². The highest BCUT2D eigenvalue weighted by Gasteiger charge is 2.64. The largest absolute Gasteiger partial charge is 0.507 e. The highest BCUT2D eigenvalue weighted by atomic mass is 33.1. The summed E-state index contributed by atoms with van der Waals surface area (Å²) in [4.78, 5) is 36.3. The number of benzene rings is 1. The number of carbonyl (C=O) groups excluding carboxylic acids is 1. The molecule has 2 saturated heterocycles. The number of hydrogen-bond acceptors (Lipinski definition) is 13. The first-order chi connectivity index (χ1) is 23.6. The van der Waals surface area contributed by atoms with Gasteiger partial charge in [-0.1, -0.05) is 28.0 Å². The fraction of sp³-hybridized carbons (Fsp3) is 0.444. The number of fused-ring (bicyclic) bond motifs is 8. The molecule has 7 heterocycles. The minimum atomic E-state index is -1.05. The predicted octanol–water partition coefficient (Wildman–Crippen LogP) is 6.20. The fourth-order valence-electron chi connectivity index (χ4n) is 7.92. The molecule has 4 aliphatic heterocycles. The van der Waals surface area contributed by atoms with E-state index in [4.69, 9.17) is 30.1 Å². The number of nitrogens with two attached hydrogens (primary N) is 2. The molecule has 11 nitrogen and oxygen atoms in total. The van der Waals surface area contributed by atoms with Crippen LogP contribution in [0.5, 0.6) is 11.5 Å². The second-order valence-electron chi connectivity index (χ2n) is 13.7. The van der Waals surface area contributed by atoms with E-state index < -0.39 is 29.2 Å². The van der Waals surface area contributed by atoms with Gasteiger partial charge < -0.3 is 35.2 Å². The maximum Gasteiger partial charge on any atom is 0.341 e. The van der Waals surface area contributed by atoms with Gasteiger partial charge in [-0.25, -0.2) is 14.8 Å². The molecule has 8 rings (SSSR count). The van der Waals surface area contributed by atoms with E-state index in [1.807, 2.05) is 25.1 Å². The summed E-state index contributed by atoms with van der Waals surface area (Å²) < 4.78 is 25.4. The van der Waals surface area contributed by atoms with Crippen molar-refractivity contribution >= 4 is 50.2 Å². The second-order valence-corrected chi connectivity index (χ2v) is 16.3. The van der Waals surface area contributed by atoms with Crippen molar-refractivity contribution in [2.24, 2.45) is 0 Å². The molecular weight excluding hydrogens is 665 g/mol. The van der Waals surface area contributed by atoms with E-state index in [1.165, 1.54) is 6.07 Å². The summed E-state index contributed by atoms with van der Waals surface area (Å²) in [6.45, 7) is 3.66. The third-order valence-corrected chi connectivity index (χ3v) is 12.7. The Bertz CT molecular complexity index is 2060. The Kier molecular flexibility index (Phi) is 7.99. The van der Waals surface area contributed by atoms with Crippen LogP contribution in [0.4, 0.5) is 11.6 Å². The Labute approximate surface area is 290 Å². The van der Waals surface area contributed by atoms with Crippen LogP contribution >= 0.6 is 21.6 Å². The number of phenols is 1. The molecule has 0 radical (unpaired) electrons. The molecule has 2 fully saturated rings. The Balaban J connectivity index is 1.20. The molecule has 0 saturated carbocycles. The monoisotopic (exact) mass is 702 g/mol. The first-order valence-electron chi connectivity index (χ1n) is 16.7. The standard InChI is InChI=1S/C36H38N4O7S2/c1-18-13-24(41)30-25(44-18)16-26-29(31(30)42)21-5-3-4-9-36-27(47-36)7-6-19-14-23(40-28(37)15-19)20-8-11-39-33(38)22(20)17-49-48-12-10-35(2,46-26)32(21)45-34(36)43/h8,11,13-16,21,27,32,42H,3-7,9-10,12,17H2,1-2H3,(H2,37,40)(H2,38,39). The van der Waals surface area contributed by atoms with Crippen molar-refractivity contribution in [3.8, 4) is 22.8 Å². The molecule has 4 aliphatic rings. The van der Waals surface area contributed by atoms with Gasteiger partial charge in [0.05, 0.1) is 11.8 Å². The van der Waals surface area contributed by atoms with E-state index in [9.17, 15) is 14.7 Å². The zero-order chi connectivity index (χ0) is 34.1. The average Bonchev–Trinajstić information content (AvgIpc) is 3.75. The number of epoxide rings is 1. The number of nitrogen functional groups attached to an aromatic ring is 2. The molecule has 5 N–H and O–H groups in total. The van der Waals surface area contributed by atoms with Gasteiger partial charge in [0.25, 0.3) is 0 Å². The Morgan fingerprint density at radius 2 is 1.92 bits per heavy atom. The van der Waals surface area contributed by atoms with Crippen LogP contribution < -0.4 is 21.6 Å². The number of ether oxygens (including phenoxy) is 3. The lowest BCUT2D eigenvalue weighted by atomic mass is 9.76. The first-order valence-corrected chi connectivity index (χ1v) is 19.2. The van der Waals surface area contributed by atoms with Gasteiger partial charge in [0.1, 0.15) is 51.6 Å². The summed E-state index contributed by atoms with van der Waals surface area (Å²) in [5.41, 5.74) is 14.6. The molecule has 5 atom stereocenters. The zero-order valence-electron chi connectivity index (χ0n) is 27.3. The zero-order valence-corrected chi connectivity index (χ0v) is 29.0. The van der Waals surface area contributed by atoms with Crippen LogP contribution in [0, 0.1) is 6.92 Å². The number of rotatable bonds is 0. The lowest BCUT2D eigenvalue weighted by Gasteiger charge is -2.46. The van der Waals surface area contributed by atoms with Gasteiger partial charge in [0.15, 0.2) is 11.0 Å². The first kappa shape index (κ1) is 32.3. The summed E-state index contributed by atoms with van der Waals surface area (Å²) in [7, 11) is 3.31. The van der Waals surface area contributed by atoms with Crippen LogP contribution in [0.1, 0.15) is 73.8 Å². The highest BCUT2D eigenvalue weighted by Crippen LogP contribution is 2.55. The molecule has 4 bridgehead atoms. The van der Waals surface area contributed by atoms with Crippen LogP contribution in [-0.2, 0) is 26.4 Å². The van der Waals surface area contributed by atoms with Crippen LogP contribution in [-0.4, -0.2) is 50.2 Å². The van der Waals surface area contributed by atoms with Crippen molar-refractivity contribution in [3.63, 3.8) is 0 Å². The lowest BCUT2D eigenvalue weighted by molar-refractivity contribution is -0.172. The number of esters is 1. The average molecular weight is 703 g/mol. The number of phenolic OH excluding ortho intramolecular Hbond substituents is 1. The molecule has 3 aromatic heterocycles. The van der Waals surface area contributed by atoms with Crippen molar-refractivity contribution in [2.45, 2.75) is 93.9 Å². The van der Waals surface area contributed by atoms with Crippen LogP contribution in [0.2, 0.25) is 0 Å². The third-order valence-electron chi connectivity index (χ3n) is 10.4. The maximum atomic E-state index is 14.2. The van der Waals surface area contributed by atoms with Crippen molar-refractivity contribution in [2.75, 3.05) is 17.2 Å². The second kappa shape index (κ2) is 12.1. The van der Waals surface area contributed by atoms with Crippen molar-refractivity contribution < 1.29 is 28.5 Å². The number of pyridine rings is 2. The number of nitrogens with zero attached hydrogens (tertiary/aromatic N) is 2. The van der Waals surface area contributed by atoms with Crippen molar-refractivity contribution in [3.05, 3.63) is 69.2 Å². The van der Waals surface area contributed by atoms with E-state index in [2.05, 4.69) is 9.97 Å². The Morgan fingerprint density at radius 3 is 2.78 bits per heavy atom. The molecule has 0 aliphatic carbocycles. The minimum Gasteiger partial charge on any atom is -0.507 e. The predicted molar refractivity (Wildman–Crippen MR) is 190 cm³/mol. The van der Waals surface area contributed by atoms with E-state index >= 15 is 0 Å². The van der Waals surface area contributed by atoms with E-state index in [0.717, 1.165) is 35.2 Å². The van der Waals surface area contributed by atoms with E-state index in [0.29, 0.717) is 72.3 Å². The van der Waals surface area contributed by atoms with Gasteiger partial charge in [-0.2, -0.15) is 0 Å². The lowest BCUT2D eigenvalue weighted by Crippen LogP contribution is -2.54. The number of aromatic hydroxyl groups is 1. The fourth-order valence-corrected chi connectivity index (χ4v) is 10.2. The number of anilines is 2. The number of hydrogen-bond donors (Lipinski definition) is 3. The molecule has 256 valence electrons. The molecule has 13 heteroatoms. The summed E-state index contributed by atoms with van der Waals surface area (Å²) in [6.07, 6.45) is 5.06. The molecule has 0 amide bonds. The van der Waals surface area contributed by atoms with Crippen LogP contribution in [0.25, 0.3) is 22.2 Å².